The molecule has 1 aromatic carbocycles. The van der Waals surface area contributed by atoms with E-state index in [1.807, 2.05) is 4.68 Å². The van der Waals surface area contributed by atoms with Gasteiger partial charge in [0.05, 0.1) is 17.6 Å². The van der Waals surface area contributed by atoms with E-state index in [4.69, 9.17) is 5.11 Å². The van der Waals surface area contributed by atoms with Crippen molar-refractivity contribution in [3.8, 4) is 0 Å². The Kier molecular flexibility index (Phi) is 4.34. The van der Waals surface area contributed by atoms with E-state index in [1.54, 1.807) is 18.2 Å². The number of nitrogens with zero attached hydrogens (tertiary/aromatic N) is 4. The summed E-state index contributed by atoms with van der Waals surface area (Å²) in [6.07, 6.45) is 1.11. The first-order chi connectivity index (χ1) is 9.52. The molecular formula is C14H20N4O2. The second kappa shape index (κ2) is 6.00. The Bertz CT molecular complexity index is 608. The van der Waals surface area contributed by atoms with Gasteiger partial charge in [-0.2, -0.15) is 0 Å². The van der Waals surface area contributed by atoms with Gasteiger partial charge in [-0.05, 0) is 38.6 Å². The Hall–Kier alpha value is -1.95. The molecule has 1 N–H and O–H groups in total. The lowest BCUT2D eigenvalue weighted by molar-refractivity contribution is 0.0697. The first-order valence-electron chi connectivity index (χ1n) is 6.79. The minimum atomic E-state index is -0.946. The van der Waals surface area contributed by atoms with Crippen LogP contribution in [0.4, 0.5) is 0 Å². The van der Waals surface area contributed by atoms with Gasteiger partial charge in [0.1, 0.15) is 5.52 Å². The third-order valence-electron chi connectivity index (χ3n) is 3.77. The minimum absolute atomic E-state index is 0.237. The standard InChI is InChI=1S/C14H20N4O2/c1-4-10(2)17(3)7-8-18-13-6-5-11(14(19)20)9-12(13)15-16-18/h5-6,9-10H,4,7-8H2,1-3H3,(H,19,20). The SMILES string of the molecule is CCC(C)N(C)CCn1nnc2cc(C(=O)O)ccc21. The van der Waals surface area contributed by atoms with Gasteiger partial charge < -0.3 is 10.0 Å². The van der Waals surface area contributed by atoms with E-state index >= 15 is 0 Å². The molecule has 0 aliphatic heterocycles. The Labute approximate surface area is 118 Å². The van der Waals surface area contributed by atoms with Crippen molar-refractivity contribution in [1.82, 2.24) is 19.9 Å². The molecule has 6 heteroatoms. The first kappa shape index (κ1) is 14.5. The van der Waals surface area contributed by atoms with Crippen molar-refractivity contribution in [2.45, 2.75) is 32.9 Å². The molecule has 1 atom stereocenters. The van der Waals surface area contributed by atoms with Crippen LogP contribution < -0.4 is 0 Å². The average molecular weight is 276 g/mol. The fraction of sp³-hybridized carbons (Fsp3) is 0.500. The molecule has 108 valence electrons. The molecule has 1 aromatic heterocycles. The quantitative estimate of drug-likeness (QED) is 0.872. The summed E-state index contributed by atoms with van der Waals surface area (Å²) in [6.45, 7) is 5.98. The summed E-state index contributed by atoms with van der Waals surface area (Å²) in [5.41, 5.74) is 1.73. The molecule has 0 fully saturated rings. The molecule has 2 rings (SSSR count). The van der Waals surface area contributed by atoms with Crippen molar-refractivity contribution in [2.75, 3.05) is 13.6 Å². The van der Waals surface area contributed by atoms with E-state index in [9.17, 15) is 4.79 Å². The van der Waals surface area contributed by atoms with Crippen LogP contribution in [0.15, 0.2) is 18.2 Å². The van der Waals surface area contributed by atoms with Crippen LogP contribution >= 0.6 is 0 Å². The number of rotatable bonds is 6. The third-order valence-corrected chi connectivity index (χ3v) is 3.77. The molecule has 0 aliphatic carbocycles. The van der Waals surface area contributed by atoms with E-state index in [1.165, 1.54) is 0 Å². The van der Waals surface area contributed by atoms with Crippen LogP contribution in [0.2, 0.25) is 0 Å². The van der Waals surface area contributed by atoms with E-state index in [-0.39, 0.29) is 5.56 Å². The molecule has 0 saturated heterocycles. The van der Waals surface area contributed by atoms with Gasteiger partial charge in [0.15, 0.2) is 0 Å². The van der Waals surface area contributed by atoms with E-state index in [2.05, 4.69) is 36.1 Å². The van der Waals surface area contributed by atoms with Crippen LogP contribution in [0.25, 0.3) is 11.0 Å². The molecule has 0 bridgehead atoms. The fourth-order valence-electron chi connectivity index (χ4n) is 2.05. The van der Waals surface area contributed by atoms with Gasteiger partial charge in [-0.25, -0.2) is 9.48 Å². The molecule has 2 aromatic rings. The molecular weight excluding hydrogens is 256 g/mol. The topological polar surface area (TPSA) is 71.2 Å². The number of likely N-dealkylation sites (N-methyl/N-ethyl adjacent to an activating group) is 1. The molecule has 0 aliphatic rings. The molecule has 6 nitrogen and oxygen atoms in total. The number of aromatic carboxylic acids is 1. The summed E-state index contributed by atoms with van der Waals surface area (Å²) in [4.78, 5) is 13.2. The monoisotopic (exact) mass is 276 g/mol. The Morgan fingerprint density at radius 3 is 2.90 bits per heavy atom. The number of carboxylic acids is 1. The van der Waals surface area contributed by atoms with Gasteiger partial charge in [0.2, 0.25) is 0 Å². The Balaban J connectivity index is 2.14. The van der Waals surface area contributed by atoms with Crippen molar-refractivity contribution in [2.24, 2.45) is 0 Å². The summed E-state index contributed by atoms with van der Waals surface area (Å²) >= 11 is 0. The van der Waals surface area contributed by atoms with Crippen LogP contribution in [0, 0.1) is 0 Å². The highest BCUT2D eigenvalue weighted by Gasteiger charge is 2.11. The zero-order chi connectivity index (χ0) is 14.7. The van der Waals surface area contributed by atoms with E-state index in [0.29, 0.717) is 11.6 Å². The minimum Gasteiger partial charge on any atom is -0.478 e. The number of benzene rings is 1. The second-order valence-electron chi connectivity index (χ2n) is 5.06. The number of hydrogen-bond acceptors (Lipinski definition) is 4. The summed E-state index contributed by atoms with van der Waals surface area (Å²) in [5.74, 6) is -0.946. The van der Waals surface area contributed by atoms with Crippen molar-refractivity contribution in [3.05, 3.63) is 23.8 Å². The van der Waals surface area contributed by atoms with E-state index in [0.717, 1.165) is 25.0 Å². The smallest absolute Gasteiger partial charge is 0.335 e. The Morgan fingerprint density at radius 2 is 2.25 bits per heavy atom. The lowest BCUT2D eigenvalue weighted by Gasteiger charge is -2.23. The highest BCUT2D eigenvalue weighted by Crippen LogP contribution is 2.13. The summed E-state index contributed by atoms with van der Waals surface area (Å²) in [7, 11) is 2.09. The summed E-state index contributed by atoms with van der Waals surface area (Å²) < 4.78 is 1.82. The molecule has 0 amide bonds. The van der Waals surface area contributed by atoms with Crippen molar-refractivity contribution in [3.63, 3.8) is 0 Å². The molecule has 1 unspecified atom stereocenters. The molecule has 0 saturated carbocycles. The van der Waals surface area contributed by atoms with Crippen LogP contribution in [0.3, 0.4) is 0 Å². The van der Waals surface area contributed by atoms with Gasteiger partial charge in [0, 0.05) is 12.6 Å². The predicted molar refractivity (Wildman–Crippen MR) is 76.9 cm³/mol. The fourth-order valence-corrected chi connectivity index (χ4v) is 2.05. The molecule has 1 heterocycles. The zero-order valence-corrected chi connectivity index (χ0v) is 12.1. The van der Waals surface area contributed by atoms with Gasteiger partial charge in [-0.15, -0.1) is 5.10 Å². The maximum absolute atomic E-state index is 10.9. The first-order valence-corrected chi connectivity index (χ1v) is 6.79. The third kappa shape index (κ3) is 2.96. The lowest BCUT2D eigenvalue weighted by Crippen LogP contribution is -2.31. The van der Waals surface area contributed by atoms with Crippen molar-refractivity contribution >= 4 is 17.0 Å². The van der Waals surface area contributed by atoms with Crippen molar-refractivity contribution < 1.29 is 9.90 Å². The van der Waals surface area contributed by atoms with Crippen LogP contribution in [0.5, 0.6) is 0 Å². The Morgan fingerprint density at radius 1 is 1.50 bits per heavy atom. The number of aromatic nitrogens is 3. The normalized spacial score (nSPS) is 13.0. The number of hydrogen-bond donors (Lipinski definition) is 1. The second-order valence-corrected chi connectivity index (χ2v) is 5.06. The molecule has 20 heavy (non-hydrogen) atoms. The van der Waals surface area contributed by atoms with Gasteiger partial charge >= 0.3 is 5.97 Å². The van der Waals surface area contributed by atoms with Gasteiger partial charge in [-0.1, -0.05) is 12.1 Å². The maximum atomic E-state index is 10.9. The van der Waals surface area contributed by atoms with Crippen LogP contribution in [-0.4, -0.2) is 50.6 Å². The van der Waals surface area contributed by atoms with Crippen LogP contribution in [-0.2, 0) is 6.54 Å². The van der Waals surface area contributed by atoms with Gasteiger partial charge in [-0.3, -0.25) is 0 Å². The predicted octanol–water partition coefficient (Wildman–Crippen LogP) is 1.86. The molecule has 0 spiro atoms. The number of carboxylic acid groups (broad SMARTS) is 1. The number of carbonyl (C=O) groups is 1. The molecule has 0 radical (unpaired) electrons. The lowest BCUT2D eigenvalue weighted by atomic mass is 10.2. The summed E-state index contributed by atoms with van der Waals surface area (Å²) in [6, 6.07) is 5.44. The average Bonchev–Trinajstić information content (AvgIpc) is 2.85. The van der Waals surface area contributed by atoms with E-state index < -0.39 is 5.97 Å². The largest absolute Gasteiger partial charge is 0.478 e. The van der Waals surface area contributed by atoms with Crippen LogP contribution in [0.1, 0.15) is 30.6 Å². The number of fused-ring (bicyclic) bond motifs is 1. The highest BCUT2D eigenvalue weighted by molar-refractivity contribution is 5.92. The van der Waals surface area contributed by atoms with Gasteiger partial charge in [0.25, 0.3) is 0 Å². The highest BCUT2D eigenvalue weighted by atomic mass is 16.4. The van der Waals surface area contributed by atoms with Crippen molar-refractivity contribution in [1.29, 1.82) is 0 Å². The summed E-state index contributed by atoms with van der Waals surface area (Å²) in [5, 5.41) is 17.1. The maximum Gasteiger partial charge on any atom is 0.335 e. The zero-order valence-electron chi connectivity index (χ0n) is 12.1.